The standard InChI is InChI=1S/C18H23N3O2S/c1-4-20-17(23)13-8-7-12(10-14(13)19-18(20)24)16(22)21-9-5-6-15(21)11(2)3/h7-8,10-11,15H,4-6,9H2,1-3H3,(H,19,24)/t15-/m1/s1. The molecule has 24 heavy (non-hydrogen) atoms. The van der Waals surface area contributed by atoms with Gasteiger partial charge in [-0.2, -0.15) is 0 Å². The van der Waals surface area contributed by atoms with Crippen LogP contribution in [0.5, 0.6) is 0 Å². The summed E-state index contributed by atoms with van der Waals surface area (Å²) in [5.41, 5.74) is 1.12. The van der Waals surface area contributed by atoms with Gasteiger partial charge in [-0.15, -0.1) is 0 Å². The van der Waals surface area contributed by atoms with E-state index in [1.165, 1.54) is 4.57 Å². The van der Waals surface area contributed by atoms with Gasteiger partial charge in [0, 0.05) is 24.7 Å². The number of benzene rings is 1. The molecule has 2 aromatic rings. The Balaban J connectivity index is 2.04. The number of aromatic nitrogens is 2. The first-order valence-electron chi connectivity index (χ1n) is 8.52. The number of fused-ring (bicyclic) bond motifs is 1. The monoisotopic (exact) mass is 345 g/mol. The van der Waals surface area contributed by atoms with Crippen LogP contribution in [0.25, 0.3) is 10.9 Å². The Hall–Kier alpha value is -1.95. The van der Waals surface area contributed by atoms with Gasteiger partial charge < -0.3 is 9.88 Å². The lowest BCUT2D eigenvalue weighted by atomic mass is 10.0. The van der Waals surface area contributed by atoms with Gasteiger partial charge in [-0.05, 0) is 56.1 Å². The smallest absolute Gasteiger partial charge is 0.262 e. The second-order valence-corrected chi connectivity index (χ2v) is 7.08. The van der Waals surface area contributed by atoms with Crippen LogP contribution in [0.2, 0.25) is 0 Å². The Morgan fingerprint density at radius 3 is 2.83 bits per heavy atom. The summed E-state index contributed by atoms with van der Waals surface area (Å²) in [6.07, 6.45) is 2.10. The third kappa shape index (κ3) is 2.79. The first-order chi connectivity index (χ1) is 11.4. The van der Waals surface area contributed by atoms with Crippen LogP contribution >= 0.6 is 12.2 Å². The van der Waals surface area contributed by atoms with E-state index in [2.05, 4.69) is 18.8 Å². The van der Waals surface area contributed by atoms with Crippen molar-refractivity contribution in [2.24, 2.45) is 5.92 Å². The molecule has 0 aliphatic carbocycles. The maximum Gasteiger partial charge on any atom is 0.262 e. The Bertz CT molecular complexity index is 897. The summed E-state index contributed by atoms with van der Waals surface area (Å²) in [5.74, 6) is 0.478. The zero-order valence-electron chi connectivity index (χ0n) is 14.3. The van der Waals surface area contributed by atoms with E-state index in [-0.39, 0.29) is 11.5 Å². The van der Waals surface area contributed by atoms with E-state index in [1.807, 2.05) is 11.8 Å². The highest BCUT2D eigenvalue weighted by Crippen LogP contribution is 2.26. The van der Waals surface area contributed by atoms with Gasteiger partial charge in [0.15, 0.2) is 4.77 Å². The minimum absolute atomic E-state index is 0.0343. The molecule has 1 N–H and O–H groups in total. The molecule has 6 heteroatoms. The lowest BCUT2D eigenvalue weighted by Crippen LogP contribution is -2.38. The van der Waals surface area contributed by atoms with Crippen molar-refractivity contribution in [1.82, 2.24) is 14.5 Å². The number of nitrogens with one attached hydrogen (secondary N) is 1. The summed E-state index contributed by atoms with van der Waals surface area (Å²) < 4.78 is 1.91. The lowest BCUT2D eigenvalue weighted by Gasteiger charge is -2.27. The van der Waals surface area contributed by atoms with Crippen LogP contribution in [0.3, 0.4) is 0 Å². The first kappa shape index (κ1) is 16.9. The number of H-pyrrole nitrogens is 1. The van der Waals surface area contributed by atoms with Gasteiger partial charge in [0.05, 0.1) is 10.9 Å². The maximum absolute atomic E-state index is 12.9. The molecule has 5 nitrogen and oxygen atoms in total. The fourth-order valence-corrected chi connectivity index (χ4v) is 3.90. The van der Waals surface area contributed by atoms with Crippen molar-refractivity contribution < 1.29 is 4.79 Å². The molecular weight excluding hydrogens is 322 g/mol. The average Bonchev–Trinajstić information content (AvgIpc) is 3.03. The van der Waals surface area contributed by atoms with Gasteiger partial charge in [0.25, 0.3) is 11.5 Å². The topological polar surface area (TPSA) is 58.1 Å². The summed E-state index contributed by atoms with van der Waals surface area (Å²) in [6.45, 7) is 7.51. The zero-order chi connectivity index (χ0) is 17.4. The molecule has 0 saturated carbocycles. The summed E-state index contributed by atoms with van der Waals surface area (Å²) in [6, 6.07) is 5.52. The lowest BCUT2D eigenvalue weighted by molar-refractivity contribution is 0.0701. The van der Waals surface area contributed by atoms with Gasteiger partial charge in [0.1, 0.15) is 0 Å². The number of amides is 1. The largest absolute Gasteiger partial charge is 0.335 e. The number of carbonyl (C=O) groups excluding carboxylic acids is 1. The normalized spacial score (nSPS) is 17.8. The number of aromatic amines is 1. The van der Waals surface area contributed by atoms with E-state index < -0.39 is 0 Å². The Morgan fingerprint density at radius 1 is 1.42 bits per heavy atom. The third-order valence-corrected chi connectivity index (χ3v) is 5.20. The van der Waals surface area contributed by atoms with E-state index in [1.54, 1.807) is 18.2 Å². The van der Waals surface area contributed by atoms with E-state index >= 15 is 0 Å². The van der Waals surface area contributed by atoms with E-state index in [9.17, 15) is 9.59 Å². The molecule has 1 fully saturated rings. The molecular formula is C18H23N3O2S. The van der Waals surface area contributed by atoms with E-state index in [4.69, 9.17) is 12.2 Å². The van der Waals surface area contributed by atoms with Crippen molar-refractivity contribution >= 4 is 29.0 Å². The minimum atomic E-state index is -0.114. The Labute approximate surface area is 146 Å². The molecule has 1 aliphatic rings. The first-order valence-corrected chi connectivity index (χ1v) is 8.92. The van der Waals surface area contributed by atoms with E-state index in [0.29, 0.717) is 39.7 Å². The molecule has 0 radical (unpaired) electrons. The minimum Gasteiger partial charge on any atom is -0.335 e. The maximum atomic E-state index is 12.9. The number of hydrogen-bond donors (Lipinski definition) is 1. The third-order valence-electron chi connectivity index (χ3n) is 4.87. The number of carbonyl (C=O) groups is 1. The van der Waals surface area contributed by atoms with Crippen molar-refractivity contribution in [1.29, 1.82) is 0 Å². The van der Waals surface area contributed by atoms with Crippen LogP contribution in [0.15, 0.2) is 23.0 Å². The molecule has 0 bridgehead atoms. The summed E-state index contributed by atoms with van der Waals surface area (Å²) in [5, 5.41) is 0.559. The zero-order valence-corrected chi connectivity index (χ0v) is 15.2. The van der Waals surface area contributed by atoms with Crippen LogP contribution in [0.4, 0.5) is 0 Å². The Morgan fingerprint density at radius 2 is 2.17 bits per heavy atom. The number of likely N-dealkylation sites (tertiary alicyclic amines) is 1. The van der Waals surface area contributed by atoms with Crippen LogP contribution in [0.1, 0.15) is 44.0 Å². The SMILES string of the molecule is CCn1c(=S)[nH]c2cc(C(=O)N3CCC[C@@H]3C(C)C)ccc2c1=O. The van der Waals surface area contributed by atoms with Crippen molar-refractivity contribution in [2.45, 2.75) is 46.2 Å². The van der Waals surface area contributed by atoms with Crippen LogP contribution in [-0.4, -0.2) is 32.9 Å². The van der Waals surface area contributed by atoms with Crippen molar-refractivity contribution in [3.63, 3.8) is 0 Å². The molecule has 1 amide bonds. The molecule has 128 valence electrons. The average molecular weight is 345 g/mol. The molecule has 1 saturated heterocycles. The number of nitrogens with zero attached hydrogens (tertiary/aromatic N) is 2. The second-order valence-electron chi connectivity index (χ2n) is 6.69. The molecule has 1 aromatic carbocycles. The van der Waals surface area contributed by atoms with Gasteiger partial charge in [-0.1, -0.05) is 13.8 Å². The second kappa shape index (κ2) is 6.51. The van der Waals surface area contributed by atoms with Gasteiger partial charge >= 0.3 is 0 Å². The summed E-state index contributed by atoms with van der Waals surface area (Å²) >= 11 is 5.25. The van der Waals surface area contributed by atoms with E-state index in [0.717, 1.165) is 19.4 Å². The fraction of sp³-hybridized carbons (Fsp3) is 0.500. The van der Waals surface area contributed by atoms with Crippen LogP contribution in [0, 0.1) is 10.7 Å². The van der Waals surface area contributed by atoms with Crippen LogP contribution < -0.4 is 5.56 Å². The predicted molar refractivity (Wildman–Crippen MR) is 98.0 cm³/mol. The number of rotatable bonds is 3. The van der Waals surface area contributed by atoms with Gasteiger partial charge in [0.2, 0.25) is 0 Å². The summed E-state index contributed by atoms with van der Waals surface area (Å²) in [7, 11) is 0. The molecule has 1 aliphatic heterocycles. The molecule has 1 atom stereocenters. The summed E-state index contributed by atoms with van der Waals surface area (Å²) in [4.78, 5) is 30.4. The highest BCUT2D eigenvalue weighted by atomic mass is 32.1. The van der Waals surface area contributed by atoms with Gasteiger partial charge in [-0.3, -0.25) is 14.2 Å². The van der Waals surface area contributed by atoms with Crippen molar-refractivity contribution in [2.75, 3.05) is 6.54 Å². The molecule has 2 heterocycles. The highest BCUT2D eigenvalue weighted by Gasteiger charge is 2.31. The van der Waals surface area contributed by atoms with Crippen molar-refractivity contribution in [3.05, 3.63) is 38.9 Å². The quantitative estimate of drug-likeness (QED) is 0.868. The van der Waals surface area contributed by atoms with Crippen molar-refractivity contribution in [3.8, 4) is 0 Å². The molecule has 3 rings (SSSR count). The van der Waals surface area contributed by atoms with Gasteiger partial charge in [-0.25, -0.2) is 0 Å². The predicted octanol–water partition coefficient (Wildman–Crippen LogP) is 3.34. The van der Waals surface area contributed by atoms with Crippen LogP contribution in [-0.2, 0) is 6.54 Å². The highest BCUT2D eigenvalue weighted by molar-refractivity contribution is 7.71. The molecule has 0 spiro atoms. The molecule has 0 unspecified atom stereocenters. The molecule has 1 aromatic heterocycles. The fourth-order valence-electron chi connectivity index (χ4n) is 3.58. The number of hydrogen-bond acceptors (Lipinski definition) is 3. The Kier molecular flexibility index (Phi) is 4.58.